The molecule has 7 nitrogen and oxygen atoms in total. The number of halogens is 3. The van der Waals surface area contributed by atoms with Crippen LogP contribution in [-0.4, -0.2) is 43.8 Å². The first-order valence-corrected chi connectivity index (χ1v) is 15.3. The summed E-state index contributed by atoms with van der Waals surface area (Å²) in [6, 6.07) is 16.4. The molecule has 0 saturated carbocycles. The molecule has 11 heteroatoms. The van der Waals surface area contributed by atoms with Crippen molar-refractivity contribution in [2.75, 3.05) is 10.8 Å². The van der Waals surface area contributed by atoms with Crippen molar-refractivity contribution in [2.24, 2.45) is 0 Å². The minimum Gasteiger partial charge on any atom is -0.352 e. The van der Waals surface area contributed by atoms with E-state index < -0.39 is 28.5 Å². The van der Waals surface area contributed by atoms with Crippen LogP contribution in [0.2, 0.25) is 15.1 Å². The van der Waals surface area contributed by atoms with Crippen LogP contribution in [-0.2, 0) is 26.2 Å². The maximum absolute atomic E-state index is 14.0. The van der Waals surface area contributed by atoms with Gasteiger partial charge in [0.15, 0.2) is 0 Å². The average molecular weight is 625 g/mol. The second-order valence-corrected chi connectivity index (χ2v) is 12.7. The van der Waals surface area contributed by atoms with Crippen LogP contribution in [0.3, 0.4) is 0 Å². The number of aryl methyl sites for hydroxylation is 1. The van der Waals surface area contributed by atoms with Gasteiger partial charge < -0.3 is 10.2 Å². The predicted molar refractivity (Wildman–Crippen MR) is 162 cm³/mol. The van der Waals surface area contributed by atoms with Crippen LogP contribution in [0.25, 0.3) is 0 Å². The molecule has 0 heterocycles. The van der Waals surface area contributed by atoms with Gasteiger partial charge in [-0.2, -0.15) is 0 Å². The smallest absolute Gasteiger partial charge is 0.264 e. The molecule has 0 radical (unpaired) electrons. The first-order chi connectivity index (χ1) is 18.8. The summed E-state index contributed by atoms with van der Waals surface area (Å²) in [4.78, 5) is 28.4. The fourth-order valence-electron chi connectivity index (χ4n) is 3.93. The lowest BCUT2D eigenvalue weighted by Crippen LogP contribution is -2.52. The van der Waals surface area contributed by atoms with E-state index >= 15 is 0 Å². The van der Waals surface area contributed by atoms with Crippen molar-refractivity contribution in [1.29, 1.82) is 0 Å². The third-order valence-corrected chi connectivity index (χ3v) is 9.12. The maximum Gasteiger partial charge on any atom is 0.264 e. The summed E-state index contributed by atoms with van der Waals surface area (Å²) in [5, 5.41) is 4.02. The van der Waals surface area contributed by atoms with E-state index in [1.54, 1.807) is 43.3 Å². The lowest BCUT2D eigenvalue weighted by Gasteiger charge is -2.32. The number of benzene rings is 3. The zero-order valence-corrected chi connectivity index (χ0v) is 25.8. The summed E-state index contributed by atoms with van der Waals surface area (Å²) >= 11 is 18.5. The molecule has 0 fully saturated rings. The Balaban J connectivity index is 2.05. The van der Waals surface area contributed by atoms with E-state index in [0.717, 1.165) is 9.87 Å². The summed E-state index contributed by atoms with van der Waals surface area (Å²) in [6.45, 7) is 6.64. The minimum absolute atomic E-state index is 0.0268. The SMILES string of the molecule is CC[C@@H](C)NC(=O)[C@H](C)N(Cc1ccc(Cl)cc1Cl)C(=O)CN(c1cccc(C)c1)S(=O)(=O)c1ccc(Cl)cc1. The lowest BCUT2D eigenvalue weighted by molar-refractivity contribution is -0.139. The van der Waals surface area contributed by atoms with Gasteiger partial charge in [0.25, 0.3) is 10.0 Å². The lowest BCUT2D eigenvalue weighted by atomic mass is 10.1. The molecular weight excluding hydrogens is 593 g/mol. The van der Waals surface area contributed by atoms with Crippen molar-refractivity contribution in [1.82, 2.24) is 10.2 Å². The normalized spacial score (nSPS) is 12.9. The van der Waals surface area contributed by atoms with Crippen LogP contribution in [0.5, 0.6) is 0 Å². The molecule has 0 aliphatic carbocycles. The number of carbonyl (C=O) groups excluding carboxylic acids is 2. The topological polar surface area (TPSA) is 86.8 Å². The van der Waals surface area contributed by atoms with Gasteiger partial charge in [-0.15, -0.1) is 0 Å². The quantitative estimate of drug-likeness (QED) is 0.265. The molecule has 0 unspecified atom stereocenters. The highest BCUT2D eigenvalue weighted by Crippen LogP contribution is 2.27. The minimum atomic E-state index is -4.19. The summed E-state index contributed by atoms with van der Waals surface area (Å²) in [5.41, 5.74) is 1.68. The molecule has 0 spiro atoms. The molecule has 40 heavy (non-hydrogen) atoms. The molecule has 0 saturated heterocycles. The van der Waals surface area contributed by atoms with Crippen molar-refractivity contribution >= 4 is 62.3 Å². The molecule has 0 aromatic heterocycles. The third kappa shape index (κ3) is 7.91. The van der Waals surface area contributed by atoms with Crippen molar-refractivity contribution in [3.8, 4) is 0 Å². The highest BCUT2D eigenvalue weighted by molar-refractivity contribution is 7.92. The Bertz CT molecular complexity index is 1470. The van der Waals surface area contributed by atoms with Crippen molar-refractivity contribution in [3.05, 3.63) is 92.9 Å². The molecule has 2 amide bonds. The number of nitrogens with one attached hydrogen (secondary N) is 1. The van der Waals surface area contributed by atoms with Gasteiger partial charge in [0, 0.05) is 27.7 Å². The van der Waals surface area contributed by atoms with E-state index in [1.807, 2.05) is 26.8 Å². The largest absolute Gasteiger partial charge is 0.352 e. The Morgan fingerprint density at radius 3 is 2.17 bits per heavy atom. The molecule has 2 atom stereocenters. The molecule has 214 valence electrons. The van der Waals surface area contributed by atoms with Gasteiger partial charge in [0.05, 0.1) is 10.6 Å². The average Bonchev–Trinajstić information content (AvgIpc) is 2.90. The molecule has 3 aromatic carbocycles. The highest BCUT2D eigenvalue weighted by atomic mass is 35.5. The maximum atomic E-state index is 14.0. The number of carbonyl (C=O) groups is 2. The zero-order chi connectivity index (χ0) is 29.6. The zero-order valence-electron chi connectivity index (χ0n) is 22.7. The Morgan fingerprint density at radius 2 is 1.57 bits per heavy atom. The second kappa shape index (κ2) is 13.7. The van der Waals surface area contributed by atoms with E-state index in [2.05, 4.69) is 5.32 Å². The van der Waals surface area contributed by atoms with E-state index in [0.29, 0.717) is 32.7 Å². The molecule has 0 aliphatic rings. The van der Waals surface area contributed by atoms with E-state index in [1.165, 1.54) is 29.2 Å². The number of amides is 2. The molecule has 1 N–H and O–H groups in total. The summed E-state index contributed by atoms with van der Waals surface area (Å²) < 4.78 is 28.7. The monoisotopic (exact) mass is 623 g/mol. The van der Waals surface area contributed by atoms with E-state index in [9.17, 15) is 18.0 Å². The number of hydrogen-bond acceptors (Lipinski definition) is 4. The van der Waals surface area contributed by atoms with Crippen LogP contribution in [0.4, 0.5) is 5.69 Å². The second-order valence-electron chi connectivity index (χ2n) is 9.56. The fourth-order valence-corrected chi connectivity index (χ4v) is 5.93. The number of rotatable bonds is 11. The fraction of sp³-hybridized carbons (Fsp3) is 0.310. The number of nitrogens with zero attached hydrogens (tertiary/aromatic N) is 2. The van der Waals surface area contributed by atoms with Crippen molar-refractivity contribution < 1.29 is 18.0 Å². The summed E-state index contributed by atoms with van der Waals surface area (Å²) in [6.07, 6.45) is 0.704. The summed E-state index contributed by atoms with van der Waals surface area (Å²) in [7, 11) is -4.19. The van der Waals surface area contributed by atoms with Gasteiger partial charge in [-0.25, -0.2) is 8.42 Å². The predicted octanol–water partition coefficient (Wildman–Crippen LogP) is 6.48. The van der Waals surface area contributed by atoms with Gasteiger partial charge in [-0.05, 0) is 86.8 Å². The van der Waals surface area contributed by atoms with Crippen LogP contribution < -0.4 is 9.62 Å². The van der Waals surface area contributed by atoms with Crippen LogP contribution in [0, 0.1) is 6.92 Å². The number of sulfonamides is 1. The molecule has 3 rings (SSSR count). The molecular formula is C29H32Cl3N3O4S. The Kier molecular flexibility index (Phi) is 10.9. The molecule has 0 bridgehead atoms. The Labute approximate surface area is 251 Å². The van der Waals surface area contributed by atoms with Gasteiger partial charge in [-0.3, -0.25) is 13.9 Å². The Morgan fingerprint density at radius 1 is 0.925 bits per heavy atom. The van der Waals surface area contributed by atoms with Crippen molar-refractivity contribution in [3.63, 3.8) is 0 Å². The van der Waals surface area contributed by atoms with Crippen LogP contribution in [0.1, 0.15) is 38.3 Å². The van der Waals surface area contributed by atoms with Gasteiger partial charge >= 0.3 is 0 Å². The van der Waals surface area contributed by atoms with E-state index in [4.69, 9.17) is 34.8 Å². The number of anilines is 1. The standard InChI is InChI=1S/C29H32Cl3N3O4S/c1-5-20(3)33-29(37)21(4)34(17-22-9-10-24(31)16-27(22)32)28(36)18-35(25-8-6-7-19(2)15-25)40(38,39)26-13-11-23(30)12-14-26/h6-16,20-21H,5,17-18H2,1-4H3,(H,33,37)/t20-,21+/m1/s1. The van der Waals surface area contributed by atoms with Gasteiger partial charge in [0.2, 0.25) is 11.8 Å². The highest BCUT2D eigenvalue weighted by Gasteiger charge is 2.33. The third-order valence-electron chi connectivity index (χ3n) is 6.49. The first kappa shape index (κ1) is 31.7. The van der Waals surface area contributed by atoms with Crippen LogP contribution in [0.15, 0.2) is 71.6 Å². The number of hydrogen-bond donors (Lipinski definition) is 1. The first-order valence-electron chi connectivity index (χ1n) is 12.7. The Hall–Kier alpha value is -2.78. The van der Waals surface area contributed by atoms with Crippen LogP contribution >= 0.6 is 34.8 Å². The molecule has 0 aliphatic heterocycles. The summed E-state index contributed by atoms with van der Waals surface area (Å²) in [5.74, 6) is -0.952. The van der Waals surface area contributed by atoms with Crippen molar-refractivity contribution in [2.45, 2.75) is 57.6 Å². The molecule has 3 aromatic rings. The van der Waals surface area contributed by atoms with Gasteiger partial charge in [0.1, 0.15) is 12.6 Å². The van der Waals surface area contributed by atoms with Gasteiger partial charge in [-0.1, -0.05) is 59.9 Å². The van der Waals surface area contributed by atoms with E-state index in [-0.39, 0.29) is 23.4 Å².